The number of hydrogen-bond donors (Lipinski definition) is 1. The number of piperidine rings is 1. The van der Waals surface area contributed by atoms with Crippen LogP contribution in [-0.2, 0) is 4.74 Å². The lowest BCUT2D eigenvalue weighted by atomic mass is 9.88. The molecule has 0 saturated carbocycles. The SMILES string of the molecule is CN=C(NCC1CCCN(C)C1c1cccs1)N1CCC(CN2CCOCC2)C1.I. The molecule has 170 valence electrons. The zero-order valence-electron chi connectivity index (χ0n) is 18.5. The summed E-state index contributed by atoms with van der Waals surface area (Å²) in [5.74, 6) is 2.47. The first-order valence-corrected chi connectivity index (χ1v) is 12.1. The van der Waals surface area contributed by atoms with Crippen LogP contribution in [0.25, 0.3) is 0 Å². The van der Waals surface area contributed by atoms with Gasteiger partial charge in [-0.15, -0.1) is 35.3 Å². The lowest BCUT2D eigenvalue weighted by Crippen LogP contribution is -2.46. The molecule has 3 unspecified atom stereocenters. The number of halogens is 1. The molecule has 6 nitrogen and oxygen atoms in total. The standard InChI is InChI=1S/C22H37N5OS.HI/c1-23-22(27-9-7-18(17-27)16-26-10-12-28-13-11-26)24-15-19-5-3-8-25(2)21(19)20-6-4-14-29-20;/h4,6,14,18-19,21H,3,5,7-13,15-17H2,1-2H3,(H,23,24);1H. The summed E-state index contributed by atoms with van der Waals surface area (Å²) in [7, 11) is 4.21. The van der Waals surface area contributed by atoms with Gasteiger partial charge in [-0.05, 0) is 56.1 Å². The summed E-state index contributed by atoms with van der Waals surface area (Å²) in [5.41, 5.74) is 0. The molecule has 1 N–H and O–H groups in total. The number of hydrogen-bond acceptors (Lipinski definition) is 5. The fourth-order valence-electron chi connectivity index (χ4n) is 5.26. The average molecular weight is 548 g/mol. The van der Waals surface area contributed by atoms with E-state index in [2.05, 4.69) is 49.6 Å². The number of nitrogens with one attached hydrogen (secondary N) is 1. The van der Waals surface area contributed by atoms with Gasteiger partial charge in [-0.1, -0.05) is 6.07 Å². The Kier molecular flexibility index (Phi) is 9.68. The van der Waals surface area contributed by atoms with Crippen LogP contribution in [0.5, 0.6) is 0 Å². The third-order valence-corrected chi connectivity index (χ3v) is 7.72. The second-order valence-corrected chi connectivity index (χ2v) is 9.76. The van der Waals surface area contributed by atoms with E-state index in [1.54, 1.807) is 0 Å². The normalized spacial score (nSPS) is 29.1. The smallest absolute Gasteiger partial charge is 0.193 e. The van der Waals surface area contributed by atoms with E-state index >= 15 is 0 Å². The fourth-order valence-corrected chi connectivity index (χ4v) is 6.24. The highest BCUT2D eigenvalue weighted by atomic mass is 127. The Morgan fingerprint density at radius 2 is 2.07 bits per heavy atom. The maximum absolute atomic E-state index is 5.49. The third kappa shape index (κ3) is 6.09. The van der Waals surface area contributed by atoms with Gasteiger partial charge >= 0.3 is 0 Å². The molecular weight excluding hydrogens is 509 g/mol. The van der Waals surface area contributed by atoms with Gasteiger partial charge in [-0.2, -0.15) is 0 Å². The number of ether oxygens (including phenoxy) is 1. The minimum atomic E-state index is 0. The van der Waals surface area contributed by atoms with Crippen LogP contribution in [0.4, 0.5) is 0 Å². The Balaban J connectivity index is 0.00000256. The topological polar surface area (TPSA) is 43.3 Å². The summed E-state index contributed by atoms with van der Waals surface area (Å²) in [5, 5.41) is 5.95. The third-order valence-electron chi connectivity index (χ3n) is 6.78. The number of morpholine rings is 1. The zero-order chi connectivity index (χ0) is 20.1. The highest BCUT2D eigenvalue weighted by molar-refractivity contribution is 14.0. The van der Waals surface area contributed by atoms with Crippen molar-refractivity contribution in [3.63, 3.8) is 0 Å². The largest absolute Gasteiger partial charge is 0.379 e. The first-order chi connectivity index (χ1) is 14.2. The van der Waals surface area contributed by atoms with Crippen LogP contribution in [0.2, 0.25) is 0 Å². The number of likely N-dealkylation sites (tertiary alicyclic amines) is 2. The minimum absolute atomic E-state index is 0. The number of thiophene rings is 1. The van der Waals surface area contributed by atoms with Crippen molar-refractivity contribution in [2.75, 3.05) is 73.1 Å². The first-order valence-electron chi connectivity index (χ1n) is 11.2. The monoisotopic (exact) mass is 547 g/mol. The van der Waals surface area contributed by atoms with Crippen molar-refractivity contribution in [3.8, 4) is 0 Å². The van der Waals surface area contributed by atoms with Gasteiger partial charge in [0.25, 0.3) is 0 Å². The molecular formula is C22H38IN5OS. The Morgan fingerprint density at radius 3 is 2.80 bits per heavy atom. The van der Waals surface area contributed by atoms with Crippen LogP contribution in [0, 0.1) is 11.8 Å². The summed E-state index contributed by atoms with van der Waals surface area (Å²) in [6, 6.07) is 5.02. The summed E-state index contributed by atoms with van der Waals surface area (Å²) in [6.45, 7) is 9.59. The van der Waals surface area contributed by atoms with Crippen molar-refractivity contribution in [1.82, 2.24) is 20.0 Å². The van der Waals surface area contributed by atoms with Gasteiger partial charge in [0.1, 0.15) is 0 Å². The van der Waals surface area contributed by atoms with Gasteiger partial charge in [-0.3, -0.25) is 14.8 Å². The molecule has 1 aromatic heterocycles. The molecule has 3 saturated heterocycles. The van der Waals surface area contributed by atoms with E-state index < -0.39 is 0 Å². The number of aliphatic imine (C=N–C) groups is 1. The fraction of sp³-hybridized carbons (Fsp3) is 0.773. The Labute approximate surface area is 203 Å². The van der Waals surface area contributed by atoms with Gasteiger partial charge in [-0.25, -0.2) is 0 Å². The van der Waals surface area contributed by atoms with Gasteiger partial charge in [0.2, 0.25) is 0 Å². The molecule has 0 aromatic carbocycles. The molecule has 3 atom stereocenters. The molecule has 0 spiro atoms. The van der Waals surface area contributed by atoms with Crippen LogP contribution in [0.15, 0.2) is 22.5 Å². The van der Waals surface area contributed by atoms with Crippen LogP contribution >= 0.6 is 35.3 Å². The molecule has 3 fully saturated rings. The predicted octanol–water partition coefficient (Wildman–Crippen LogP) is 2.98. The van der Waals surface area contributed by atoms with E-state index in [0.717, 1.165) is 57.8 Å². The number of guanidine groups is 1. The second kappa shape index (κ2) is 12.0. The van der Waals surface area contributed by atoms with Crippen LogP contribution in [-0.4, -0.2) is 93.8 Å². The lowest BCUT2D eigenvalue weighted by Gasteiger charge is -2.39. The van der Waals surface area contributed by atoms with Crippen molar-refractivity contribution >= 4 is 41.3 Å². The molecule has 0 radical (unpaired) electrons. The summed E-state index contributed by atoms with van der Waals surface area (Å²) < 4.78 is 5.49. The van der Waals surface area contributed by atoms with Crippen LogP contribution in [0.3, 0.4) is 0 Å². The summed E-state index contributed by atoms with van der Waals surface area (Å²) >= 11 is 1.90. The highest BCUT2D eigenvalue weighted by Gasteiger charge is 2.32. The molecule has 30 heavy (non-hydrogen) atoms. The van der Waals surface area contributed by atoms with Gasteiger partial charge < -0.3 is 15.0 Å². The predicted molar refractivity (Wildman–Crippen MR) is 136 cm³/mol. The highest BCUT2D eigenvalue weighted by Crippen LogP contribution is 2.36. The van der Waals surface area contributed by atoms with Gasteiger partial charge in [0, 0.05) is 57.2 Å². The maximum atomic E-state index is 5.49. The van der Waals surface area contributed by atoms with Crippen molar-refractivity contribution in [2.24, 2.45) is 16.8 Å². The summed E-state index contributed by atoms with van der Waals surface area (Å²) in [6.07, 6.45) is 3.84. The van der Waals surface area contributed by atoms with E-state index in [0.29, 0.717) is 12.0 Å². The van der Waals surface area contributed by atoms with E-state index in [9.17, 15) is 0 Å². The minimum Gasteiger partial charge on any atom is -0.379 e. The average Bonchev–Trinajstić information content (AvgIpc) is 3.42. The second-order valence-electron chi connectivity index (χ2n) is 8.78. The zero-order valence-corrected chi connectivity index (χ0v) is 21.6. The van der Waals surface area contributed by atoms with Crippen molar-refractivity contribution in [1.29, 1.82) is 0 Å². The van der Waals surface area contributed by atoms with Crippen LogP contribution in [0.1, 0.15) is 30.2 Å². The van der Waals surface area contributed by atoms with Crippen molar-refractivity contribution in [2.45, 2.75) is 25.3 Å². The molecule has 4 heterocycles. The Morgan fingerprint density at radius 1 is 1.23 bits per heavy atom. The molecule has 3 aliphatic rings. The molecule has 0 bridgehead atoms. The molecule has 3 aliphatic heterocycles. The van der Waals surface area contributed by atoms with Crippen LogP contribution < -0.4 is 5.32 Å². The van der Waals surface area contributed by atoms with Crippen molar-refractivity contribution < 1.29 is 4.74 Å². The number of rotatable bonds is 5. The number of nitrogens with zero attached hydrogens (tertiary/aromatic N) is 4. The molecule has 1 aromatic rings. The van der Waals surface area contributed by atoms with Gasteiger partial charge in [0.05, 0.1) is 13.2 Å². The summed E-state index contributed by atoms with van der Waals surface area (Å²) in [4.78, 5) is 13.7. The quantitative estimate of drug-likeness (QED) is 0.349. The Hall–Kier alpha value is -0.420. The van der Waals surface area contributed by atoms with Crippen molar-refractivity contribution in [3.05, 3.63) is 22.4 Å². The molecule has 0 amide bonds. The molecule has 4 rings (SSSR count). The lowest BCUT2D eigenvalue weighted by molar-refractivity contribution is 0.0315. The Bertz CT molecular complexity index is 652. The molecule has 8 heteroatoms. The first kappa shape index (κ1) is 24.2. The maximum Gasteiger partial charge on any atom is 0.193 e. The van der Waals surface area contributed by atoms with E-state index in [4.69, 9.17) is 4.74 Å². The molecule has 0 aliphatic carbocycles. The van der Waals surface area contributed by atoms with E-state index in [-0.39, 0.29) is 24.0 Å². The van der Waals surface area contributed by atoms with E-state index in [1.807, 2.05) is 18.4 Å². The van der Waals surface area contributed by atoms with E-state index in [1.165, 1.54) is 37.2 Å². The van der Waals surface area contributed by atoms with Gasteiger partial charge in [0.15, 0.2) is 5.96 Å².